The van der Waals surface area contributed by atoms with Crippen LogP contribution in [0, 0.1) is 12.7 Å². The van der Waals surface area contributed by atoms with E-state index < -0.39 is 10.2 Å². The molecule has 150 valence electrons. The molecule has 1 aromatic heterocycles. The highest BCUT2D eigenvalue weighted by atomic mass is 32.2. The second-order valence-electron chi connectivity index (χ2n) is 7.51. The number of halogens is 1. The Morgan fingerprint density at radius 2 is 1.75 bits per heavy atom. The number of aryl methyl sites for hydroxylation is 1. The molecule has 0 radical (unpaired) electrons. The lowest BCUT2D eigenvalue weighted by molar-refractivity contribution is 0.395. The van der Waals surface area contributed by atoms with E-state index in [0.29, 0.717) is 26.2 Å². The van der Waals surface area contributed by atoms with Crippen molar-refractivity contribution in [1.29, 1.82) is 0 Å². The molecule has 2 aromatic rings. The van der Waals surface area contributed by atoms with E-state index in [9.17, 15) is 12.8 Å². The summed E-state index contributed by atoms with van der Waals surface area (Å²) in [6, 6.07) is 10.1. The van der Waals surface area contributed by atoms with Crippen molar-refractivity contribution in [2.75, 3.05) is 31.5 Å². The number of rotatable bonds is 5. The molecule has 8 heteroatoms. The Bertz CT molecular complexity index is 943. The second kappa shape index (κ2) is 7.77. The number of aromatic nitrogens is 1. The zero-order valence-corrected chi connectivity index (χ0v) is 16.8. The van der Waals surface area contributed by atoms with Crippen LogP contribution in [0.15, 0.2) is 36.4 Å². The van der Waals surface area contributed by atoms with Gasteiger partial charge in [0.2, 0.25) is 0 Å². The van der Waals surface area contributed by atoms with Gasteiger partial charge in [0.15, 0.2) is 0 Å². The highest BCUT2D eigenvalue weighted by Gasteiger charge is 2.37. The van der Waals surface area contributed by atoms with Crippen LogP contribution in [0.5, 0.6) is 0 Å². The van der Waals surface area contributed by atoms with E-state index in [-0.39, 0.29) is 11.7 Å². The van der Waals surface area contributed by atoms with Gasteiger partial charge >= 0.3 is 0 Å². The van der Waals surface area contributed by atoms with E-state index in [0.717, 1.165) is 42.0 Å². The molecule has 2 fully saturated rings. The average Bonchev–Trinajstić information content (AvgIpc) is 3.36. The fourth-order valence-corrected chi connectivity index (χ4v) is 5.69. The van der Waals surface area contributed by atoms with Crippen molar-refractivity contribution in [2.24, 2.45) is 0 Å². The van der Waals surface area contributed by atoms with Crippen LogP contribution < -0.4 is 5.32 Å². The molecule has 0 saturated carbocycles. The quantitative estimate of drug-likeness (QED) is 0.830. The lowest BCUT2D eigenvalue weighted by Crippen LogP contribution is -2.41. The largest absolute Gasteiger partial charge is 0.355 e. The van der Waals surface area contributed by atoms with E-state index >= 15 is 0 Å². The van der Waals surface area contributed by atoms with Gasteiger partial charge in [-0.2, -0.15) is 17.0 Å². The summed E-state index contributed by atoms with van der Waals surface area (Å²) >= 11 is 0. The number of hydrogen-bond donors (Lipinski definition) is 1. The summed E-state index contributed by atoms with van der Waals surface area (Å²) in [7, 11) is -3.36. The van der Waals surface area contributed by atoms with Crippen LogP contribution in [0.2, 0.25) is 0 Å². The van der Waals surface area contributed by atoms with Crippen molar-refractivity contribution >= 4 is 21.6 Å². The Hall–Kier alpha value is -2.03. The summed E-state index contributed by atoms with van der Waals surface area (Å²) in [6.45, 7) is 4.16. The summed E-state index contributed by atoms with van der Waals surface area (Å²) in [4.78, 5) is 4.65. The third-order valence-electron chi connectivity index (χ3n) is 5.39. The summed E-state index contributed by atoms with van der Waals surface area (Å²) in [5.41, 5.74) is 3.42. The first kappa shape index (κ1) is 19.3. The zero-order valence-electron chi connectivity index (χ0n) is 15.9. The van der Waals surface area contributed by atoms with Crippen LogP contribution in [0.3, 0.4) is 0 Å². The first-order valence-corrected chi connectivity index (χ1v) is 11.1. The lowest BCUT2D eigenvalue weighted by Gasteiger charge is -2.23. The molecule has 0 bridgehead atoms. The maximum atomic E-state index is 13.1. The van der Waals surface area contributed by atoms with Crippen molar-refractivity contribution in [1.82, 2.24) is 13.6 Å². The van der Waals surface area contributed by atoms with Gasteiger partial charge in [-0.15, -0.1) is 0 Å². The van der Waals surface area contributed by atoms with Gasteiger partial charge in [0.25, 0.3) is 10.2 Å². The second-order valence-corrected chi connectivity index (χ2v) is 9.44. The highest BCUT2D eigenvalue weighted by Crippen LogP contribution is 2.31. The summed E-state index contributed by atoms with van der Waals surface area (Å²) in [5, 5.41) is 3.28. The van der Waals surface area contributed by atoms with Gasteiger partial charge in [-0.25, -0.2) is 4.39 Å². The minimum absolute atomic E-state index is 0.0750. The maximum Gasteiger partial charge on any atom is 0.281 e. The van der Waals surface area contributed by atoms with Crippen LogP contribution in [0.1, 0.15) is 36.6 Å². The Labute approximate surface area is 165 Å². The van der Waals surface area contributed by atoms with E-state index in [2.05, 4.69) is 10.3 Å². The Kier molecular flexibility index (Phi) is 5.35. The summed E-state index contributed by atoms with van der Waals surface area (Å²) in [6.07, 6.45) is 2.64. The fraction of sp³-hybridized carbons (Fsp3) is 0.450. The molecule has 0 spiro atoms. The van der Waals surface area contributed by atoms with Crippen molar-refractivity contribution in [3.63, 3.8) is 0 Å². The molecule has 2 aliphatic rings. The molecular formula is C20H25FN4O2S. The molecule has 3 heterocycles. The Balaban J connectivity index is 1.50. The molecule has 1 aromatic carbocycles. The molecule has 28 heavy (non-hydrogen) atoms. The van der Waals surface area contributed by atoms with Gasteiger partial charge in [-0.1, -0.05) is 0 Å². The topological polar surface area (TPSA) is 65.5 Å². The van der Waals surface area contributed by atoms with Crippen LogP contribution in [-0.2, 0) is 10.2 Å². The van der Waals surface area contributed by atoms with Gasteiger partial charge in [-0.05, 0) is 62.6 Å². The fourth-order valence-electron chi connectivity index (χ4n) is 3.94. The Morgan fingerprint density at radius 1 is 1.04 bits per heavy atom. The molecule has 0 amide bonds. The van der Waals surface area contributed by atoms with Gasteiger partial charge in [0.1, 0.15) is 5.82 Å². The Morgan fingerprint density at radius 3 is 2.46 bits per heavy atom. The number of nitrogens with zero attached hydrogens (tertiary/aromatic N) is 3. The highest BCUT2D eigenvalue weighted by molar-refractivity contribution is 7.86. The van der Waals surface area contributed by atoms with Gasteiger partial charge in [0.05, 0.1) is 0 Å². The van der Waals surface area contributed by atoms with E-state index in [1.807, 2.05) is 19.1 Å². The molecule has 6 nitrogen and oxygen atoms in total. The third kappa shape index (κ3) is 4.04. The molecular weight excluding hydrogens is 379 g/mol. The van der Waals surface area contributed by atoms with E-state index in [1.54, 1.807) is 20.7 Å². The maximum absolute atomic E-state index is 13.1. The zero-order chi connectivity index (χ0) is 19.7. The van der Waals surface area contributed by atoms with Gasteiger partial charge < -0.3 is 5.32 Å². The third-order valence-corrected chi connectivity index (χ3v) is 7.39. The molecule has 2 saturated heterocycles. The number of pyridine rings is 1. The molecule has 1 N–H and O–H groups in total. The molecule has 1 atom stereocenters. The van der Waals surface area contributed by atoms with Crippen molar-refractivity contribution < 1.29 is 12.8 Å². The van der Waals surface area contributed by atoms with Crippen molar-refractivity contribution in [2.45, 2.75) is 32.1 Å². The van der Waals surface area contributed by atoms with Crippen molar-refractivity contribution in [3.05, 3.63) is 53.6 Å². The number of anilines is 2. The summed E-state index contributed by atoms with van der Waals surface area (Å²) < 4.78 is 41.9. The molecule has 2 aliphatic heterocycles. The number of nitrogens with one attached hydrogen (secondary N) is 1. The van der Waals surface area contributed by atoms with Crippen LogP contribution in [-0.4, -0.2) is 48.2 Å². The lowest BCUT2D eigenvalue weighted by atomic mass is 10.0. The summed E-state index contributed by atoms with van der Waals surface area (Å²) in [5.74, 6) is -0.201. The first-order chi connectivity index (χ1) is 13.4. The molecule has 0 aliphatic carbocycles. The monoisotopic (exact) mass is 404 g/mol. The smallest absolute Gasteiger partial charge is 0.281 e. The van der Waals surface area contributed by atoms with Crippen LogP contribution in [0.25, 0.3) is 0 Å². The van der Waals surface area contributed by atoms with Crippen LogP contribution >= 0.6 is 0 Å². The average molecular weight is 405 g/mol. The predicted octanol–water partition coefficient (Wildman–Crippen LogP) is 3.40. The normalized spacial score (nSPS) is 21.3. The van der Waals surface area contributed by atoms with Gasteiger partial charge in [-0.3, -0.25) is 4.98 Å². The van der Waals surface area contributed by atoms with Crippen LogP contribution in [0.4, 0.5) is 15.8 Å². The number of hydrogen-bond acceptors (Lipinski definition) is 4. The van der Waals surface area contributed by atoms with E-state index in [1.165, 1.54) is 12.1 Å². The SMILES string of the molecule is Cc1cc(Nc2ccc(F)cc2)cc([C@@H]2CCN(S(=O)(=O)N3CCCC3)C2)n1. The minimum Gasteiger partial charge on any atom is -0.355 e. The minimum atomic E-state index is -3.36. The predicted molar refractivity (Wildman–Crippen MR) is 107 cm³/mol. The standard InChI is InChI=1S/C20H25FN4O2S/c1-15-12-19(23-18-6-4-17(21)5-7-18)13-20(22-15)16-8-11-25(14-16)28(26,27)24-9-2-3-10-24/h4-7,12-13,16H,2-3,8-11,14H2,1H3,(H,22,23)/t16-/m1/s1. The first-order valence-electron chi connectivity index (χ1n) is 9.68. The molecule has 4 rings (SSSR count). The van der Waals surface area contributed by atoms with E-state index in [4.69, 9.17) is 0 Å². The van der Waals surface area contributed by atoms with Gasteiger partial charge in [0, 0.05) is 54.9 Å². The number of benzene rings is 1. The van der Waals surface area contributed by atoms with Crippen molar-refractivity contribution in [3.8, 4) is 0 Å². The molecule has 0 unspecified atom stereocenters.